The zero-order valence-electron chi connectivity index (χ0n) is 13.2. The molecule has 0 aromatic heterocycles. The van der Waals surface area contributed by atoms with Gasteiger partial charge in [-0.2, -0.15) is 0 Å². The molecule has 4 nitrogen and oxygen atoms in total. The van der Waals surface area contributed by atoms with Crippen molar-refractivity contribution < 1.29 is 14.2 Å². The van der Waals surface area contributed by atoms with Crippen molar-refractivity contribution in [2.75, 3.05) is 26.4 Å². The number of nitrogens with one attached hydrogen (secondary N) is 1. The Balaban J connectivity index is 2.21. The van der Waals surface area contributed by atoms with E-state index in [-0.39, 0.29) is 17.8 Å². The fourth-order valence-electron chi connectivity index (χ4n) is 2.23. The summed E-state index contributed by atoms with van der Waals surface area (Å²) in [7, 11) is 0. The first-order valence-corrected chi connectivity index (χ1v) is 7.58. The molecule has 0 radical (unpaired) electrons. The molecule has 4 heteroatoms. The van der Waals surface area contributed by atoms with E-state index < -0.39 is 0 Å². The maximum atomic E-state index is 5.87. The molecule has 0 bridgehead atoms. The molecule has 0 heterocycles. The third kappa shape index (κ3) is 6.21. The lowest BCUT2D eigenvalue weighted by atomic mass is 9.85. The third-order valence-electron chi connectivity index (χ3n) is 3.18. The van der Waals surface area contributed by atoms with Gasteiger partial charge in [-0.3, -0.25) is 0 Å². The third-order valence-corrected chi connectivity index (χ3v) is 3.18. The van der Waals surface area contributed by atoms with Gasteiger partial charge in [-0.1, -0.05) is 13.8 Å². The Morgan fingerprint density at radius 2 is 1.79 bits per heavy atom. The molecule has 3 unspecified atom stereocenters. The Morgan fingerprint density at radius 1 is 1.05 bits per heavy atom. The first-order valence-electron chi connectivity index (χ1n) is 7.58. The highest BCUT2D eigenvalue weighted by atomic mass is 16.6. The van der Waals surface area contributed by atoms with Crippen molar-refractivity contribution in [2.24, 2.45) is 0 Å². The van der Waals surface area contributed by atoms with Gasteiger partial charge in [0.25, 0.3) is 0 Å². The topological polar surface area (TPSA) is 39.7 Å². The minimum atomic E-state index is -0.0899. The largest absolute Gasteiger partial charge is 0.374 e. The standard InChI is InChI=1S/C15H31NO3/c1-6-8-18-14-12(16-7-2)11-13(14)17-9-10-19-15(3,4)5/h12-14,16H,6-11H2,1-5H3. The van der Waals surface area contributed by atoms with Gasteiger partial charge in [-0.15, -0.1) is 0 Å². The zero-order valence-corrected chi connectivity index (χ0v) is 13.2. The number of likely N-dealkylation sites (N-methyl/N-ethyl adjacent to an activating group) is 1. The normalized spacial score (nSPS) is 27.3. The quantitative estimate of drug-likeness (QED) is 0.655. The Morgan fingerprint density at radius 3 is 2.37 bits per heavy atom. The molecule has 0 spiro atoms. The average molecular weight is 273 g/mol. The van der Waals surface area contributed by atoms with E-state index in [0.717, 1.165) is 26.0 Å². The molecule has 1 aliphatic carbocycles. The molecule has 1 saturated carbocycles. The van der Waals surface area contributed by atoms with Gasteiger partial charge in [-0.05, 0) is 40.2 Å². The van der Waals surface area contributed by atoms with Crippen LogP contribution in [0.2, 0.25) is 0 Å². The highest BCUT2D eigenvalue weighted by molar-refractivity contribution is 4.97. The number of ether oxygens (including phenoxy) is 3. The van der Waals surface area contributed by atoms with Crippen molar-refractivity contribution in [1.82, 2.24) is 5.32 Å². The van der Waals surface area contributed by atoms with Crippen molar-refractivity contribution >= 4 is 0 Å². The monoisotopic (exact) mass is 273 g/mol. The van der Waals surface area contributed by atoms with Crippen LogP contribution < -0.4 is 5.32 Å². The summed E-state index contributed by atoms with van der Waals surface area (Å²) in [6, 6.07) is 0.449. The minimum absolute atomic E-state index is 0.0899. The Bertz CT molecular complexity index is 240. The van der Waals surface area contributed by atoms with E-state index in [9.17, 15) is 0 Å². The lowest BCUT2D eigenvalue weighted by Gasteiger charge is -2.44. The van der Waals surface area contributed by atoms with Gasteiger partial charge in [0.05, 0.1) is 31.0 Å². The van der Waals surface area contributed by atoms with E-state index in [1.165, 1.54) is 0 Å². The maximum absolute atomic E-state index is 5.87. The summed E-state index contributed by atoms with van der Waals surface area (Å²) in [6.45, 7) is 13.5. The van der Waals surface area contributed by atoms with E-state index in [4.69, 9.17) is 14.2 Å². The lowest BCUT2D eigenvalue weighted by molar-refractivity contribution is -0.157. The van der Waals surface area contributed by atoms with Crippen LogP contribution in [0.4, 0.5) is 0 Å². The predicted molar refractivity (Wildman–Crippen MR) is 77.6 cm³/mol. The fourth-order valence-corrected chi connectivity index (χ4v) is 2.23. The van der Waals surface area contributed by atoms with Crippen LogP contribution in [0.5, 0.6) is 0 Å². The second-order valence-corrected chi connectivity index (χ2v) is 6.11. The van der Waals surface area contributed by atoms with Crippen molar-refractivity contribution in [3.05, 3.63) is 0 Å². The van der Waals surface area contributed by atoms with Gasteiger partial charge in [0.15, 0.2) is 0 Å². The van der Waals surface area contributed by atoms with Crippen LogP contribution in [0, 0.1) is 0 Å². The zero-order chi connectivity index (χ0) is 14.3. The molecule has 0 aromatic rings. The smallest absolute Gasteiger partial charge is 0.0990 e. The van der Waals surface area contributed by atoms with Gasteiger partial charge in [0.1, 0.15) is 0 Å². The molecule has 19 heavy (non-hydrogen) atoms. The van der Waals surface area contributed by atoms with E-state index in [1.54, 1.807) is 0 Å². The Hall–Kier alpha value is -0.160. The Labute approximate surface area is 118 Å². The number of rotatable bonds is 9. The molecule has 1 rings (SSSR count). The molecule has 1 aliphatic rings. The SMILES string of the molecule is CCCOC1C(NCC)CC1OCCOC(C)(C)C. The molecule has 0 saturated heterocycles. The van der Waals surface area contributed by atoms with Gasteiger partial charge in [0.2, 0.25) is 0 Å². The first-order chi connectivity index (χ1) is 8.98. The van der Waals surface area contributed by atoms with Crippen LogP contribution >= 0.6 is 0 Å². The molecule has 0 aliphatic heterocycles. The first kappa shape index (κ1) is 16.9. The molecule has 1 N–H and O–H groups in total. The number of hydrogen-bond donors (Lipinski definition) is 1. The lowest BCUT2D eigenvalue weighted by Crippen LogP contribution is -2.60. The van der Waals surface area contributed by atoms with E-state index in [1.807, 2.05) is 0 Å². The summed E-state index contributed by atoms with van der Waals surface area (Å²) >= 11 is 0. The second kappa shape index (κ2) is 8.20. The fraction of sp³-hybridized carbons (Fsp3) is 1.00. The second-order valence-electron chi connectivity index (χ2n) is 6.11. The van der Waals surface area contributed by atoms with Crippen LogP contribution in [0.1, 0.15) is 47.5 Å². The molecule has 0 aromatic carbocycles. The van der Waals surface area contributed by atoms with Crippen LogP contribution in [-0.4, -0.2) is 50.2 Å². The van der Waals surface area contributed by atoms with Crippen LogP contribution in [0.3, 0.4) is 0 Å². The van der Waals surface area contributed by atoms with Crippen LogP contribution in [0.25, 0.3) is 0 Å². The van der Waals surface area contributed by atoms with Crippen molar-refractivity contribution in [3.63, 3.8) is 0 Å². The predicted octanol–water partition coefficient (Wildman–Crippen LogP) is 2.36. The minimum Gasteiger partial charge on any atom is -0.374 e. The van der Waals surface area contributed by atoms with Crippen LogP contribution in [0.15, 0.2) is 0 Å². The summed E-state index contributed by atoms with van der Waals surface area (Å²) in [4.78, 5) is 0. The van der Waals surface area contributed by atoms with E-state index in [2.05, 4.69) is 39.9 Å². The van der Waals surface area contributed by atoms with Gasteiger partial charge >= 0.3 is 0 Å². The Kier molecular flexibility index (Phi) is 7.29. The average Bonchev–Trinajstić information content (AvgIpc) is 2.30. The molecule has 0 amide bonds. The summed E-state index contributed by atoms with van der Waals surface area (Å²) in [5.41, 5.74) is -0.0899. The van der Waals surface area contributed by atoms with Crippen molar-refractivity contribution in [1.29, 1.82) is 0 Å². The van der Waals surface area contributed by atoms with Gasteiger partial charge in [0, 0.05) is 12.6 Å². The van der Waals surface area contributed by atoms with Crippen LogP contribution in [-0.2, 0) is 14.2 Å². The molecular weight excluding hydrogens is 242 g/mol. The van der Waals surface area contributed by atoms with Crippen molar-refractivity contribution in [2.45, 2.75) is 71.3 Å². The maximum Gasteiger partial charge on any atom is 0.0990 e. The molecule has 114 valence electrons. The summed E-state index contributed by atoms with van der Waals surface area (Å²) in [6.07, 6.45) is 2.51. The van der Waals surface area contributed by atoms with E-state index in [0.29, 0.717) is 19.3 Å². The summed E-state index contributed by atoms with van der Waals surface area (Å²) < 4.78 is 17.4. The van der Waals surface area contributed by atoms with E-state index >= 15 is 0 Å². The highest BCUT2D eigenvalue weighted by Gasteiger charge is 2.42. The molecular formula is C15H31NO3. The van der Waals surface area contributed by atoms with Crippen molar-refractivity contribution in [3.8, 4) is 0 Å². The molecule has 1 fully saturated rings. The summed E-state index contributed by atoms with van der Waals surface area (Å²) in [5, 5.41) is 3.45. The summed E-state index contributed by atoms with van der Waals surface area (Å²) in [5.74, 6) is 0. The molecule has 3 atom stereocenters. The highest BCUT2D eigenvalue weighted by Crippen LogP contribution is 2.27. The van der Waals surface area contributed by atoms with Gasteiger partial charge < -0.3 is 19.5 Å². The van der Waals surface area contributed by atoms with Gasteiger partial charge in [-0.25, -0.2) is 0 Å². The number of hydrogen-bond acceptors (Lipinski definition) is 4.